The molecule has 1 aromatic heterocycles. The van der Waals surface area contributed by atoms with Crippen LogP contribution in [0, 0.1) is 11.3 Å². The summed E-state index contributed by atoms with van der Waals surface area (Å²) in [4.78, 5) is 15.6. The second kappa shape index (κ2) is 17.9. The predicted molar refractivity (Wildman–Crippen MR) is 198 cm³/mol. The number of carbonyl (C=O) groups is 1. The molecule has 2 aliphatic heterocycles. The van der Waals surface area contributed by atoms with E-state index in [-0.39, 0.29) is 12.1 Å². The highest BCUT2D eigenvalue weighted by Crippen LogP contribution is 2.25. The number of ether oxygens (including phenoxy) is 4. The molecular formula is C38H53N7O8. The number of anilines is 1. The van der Waals surface area contributed by atoms with E-state index in [0.29, 0.717) is 25.1 Å². The summed E-state index contributed by atoms with van der Waals surface area (Å²) >= 11 is 0. The number of hydrogen-bond donors (Lipinski definition) is 5. The van der Waals surface area contributed by atoms with Crippen molar-refractivity contribution in [1.82, 2.24) is 25.2 Å². The molecule has 5 N–H and O–H groups in total. The van der Waals surface area contributed by atoms with Gasteiger partial charge < -0.3 is 44.9 Å². The number of hydrogen-bond acceptors (Lipinski definition) is 13. The fraction of sp³-hybridized carbons (Fsp3) is 0.579. The number of methoxy groups -OCH3 is 1. The molecule has 15 nitrogen and oxygen atoms in total. The van der Waals surface area contributed by atoms with E-state index in [2.05, 4.69) is 38.0 Å². The summed E-state index contributed by atoms with van der Waals surface area (Å²) < 4.78 is 23.8. The molecule has 0 saturated carbocycles. The van der Waals surface area contributed by atoms with Crippen LogP contribution in [0.25, 0.3) is 16.8 Å². The molecule has 5 unspecified atom stereocenters. The van der Waals surface area contributed by atoms with Crippen molar-refractivity contribution in [2.45, 2.75) is 88.9 Å². The first-order chi connectivity index (χ1) is 25.3. The average Bonchev–Trinajstić information content (AvgIpc) is 3.56. The van der Waals surface area contributed by atoms with Crippen molar-refractivity contribution in [3.05, 3.63) is 59.4 Å². The van der Waals surface area contributed by atoms with Crippen LogP contribution in [0.4, 0.5) is 5.69 Å². The summed E-state index contributed by atoms with van der Waals surface area (Å²) in [5.41, 5.74) is 1.16. The van der Waals surface area contributed by atoms with E-state index in [0.717, 1.165) is 61.4 Å². The van der Waals surface area contributed by atoms with Gasteiger partial charge in [-0.2, -0.15) is 5.26 Å². The minimum Gasteiger partial charge on any atom is -0.388 e. The summed E-state index contributed by atoms with van der Waals surface area (Å²) in [5.74, 6) is -0.459. The number of amides is 1. The summed E-state index contributed by atoms with van der Waals surface area (Å²) in [5, 5.41) is 57.3. The van der Waals surface area contributed by atoms with Gasteiger partial charge in [-0.1, -0.05) is 23.4 Å². The molecule has 2 fully saturated rings. The van der Waals surface area contributed by atoms with Crippen molar-refractivity contribution in [1.29, 1.82) is 5.26 Å². The zero-order valence-corrected chi connectivity index (χ0v) is 31.2. The Morgan fingerprint density at radius 2 is 1.81 bits per heavy atom. The van der Waals surface area contributed by atoms with E-state index in [9.17, 15) is 25.4 Å². The highest BCUT2D eigenvalue weighted by atomic mass is 16.7. The van der Waals surface area contributed by atoms with Crippen LogP contribution < -0.4 is 10.6 Å². The number of morpholine rings is 1. The minimum absolute atomic E-state index is 0.0118. The molecule has 1 amide bonds. The summed E-state index contributed by atoms with van der Waals surface area (Å²) in [7, 11) is 1.34. The lowest BCUT2D eigenvalue weighted by molar-refractivity contribution is -0.292. The van der Waals surface area contributed by atoms with Crippen LogP contribution in [0.1, 0.15) is 45.4 Å². The maximum atomic E-state index is 13.2. The first-order valence-corrected chi connectivity index (χ1v) is 18.0. The van der Waals surface area contributed by atoms with Crippen molar-refractivity contribution in [2.75, 3.05) is 58.4 Å². The van der Waals surface area contributed by atoms with Crippen LogP contribution >= 0.6 is 0 Å². The van der Waals surface area contributed by atoms with E-state index >= 15 is 0 Å². The lowest BCUT2D eigenvalue weighted by atomic mass is 9.98. The van der Waals surface area contributed by atoms with Crippen LogP contribution in [-0.2, 0) is 36.7 Å². The summed E-state index contributed by atoms with van der Waals surface area (Å²) in [6.45, 7) is 13.3. The Morgan fingerprint density at radius 1 is 1.08 bits per heavy atom. The van der Waals surface area contributed by atoms with Gasteiger partial charge >= 0.3 is 0 Å². The number of aliphatic hydroxyl groups excluding tert-OH is 3. The van der Waals surface area contributed by atoms with Gasteiger partial charge in [0.1, 0.15) is 36.1 Å². The zero-order valence-electron chi connectivity index (χ0n) is 31.2. The number of aromatic nitrogens is 3. The maximum Gasteiger partial charge on any atom is 0.262 e. The van der Waals surface area contributed by atoms with Gasteiger partial charge in [-0.25, -0.2) is 4.68 Å². The molecule has 3 aromatic rings. The predicted octanol–water partition coefficient (Wildman–Crippen LogP) is 1.86. The van der Waals surface area contributed by atoms with Crippen LogP contribution in [0.3, 0.4) is 0 Å². The normalized spacial score (nSPS) is 23.2. The first-order valence-electron chi connectivity index (χ1n) is 18.0. The molecule has 5 atom stereocenters. The van der Waals surface area contributed by atoms with Crippen molar-refractivity contribution < 1.29 is 39.1 Å². The van der Waals surface area contributed by atoms with E-state index in [1.165, 1.54) is 11.8 Å². The van der Waals surface area contributed by atoms with Gasteiger partial charge in [0, 0.05) is 63.7 Å². The van der Waals surface area contributed by atoms with Gasteiger partial charge in [-0.3, -0.25) is 9.69 Å². The van der Waals surface area contributed by atoms with Crippen molar-refractivity contribution in [2.24, 2.45) is 0 Å². The maximum absolute atomic E-state index is 13.2. The third-order valence-corrected chi connectivity index (χ3v) is 9.53. The monoisotopic (exact) mass is 735 g/mol. The van der Waals surface area contributed by atoms with E-state index in [1.807, 2.05) is 58.0 Å². The number of benzene rings is 2. The van der Waals surface area contributed by atoms with Crippen molar-refractivity contribution >= 4 is 28.4 Å². The van der Waals surface area contributed by atoms with Crippen LogP contribution in [0.2, 0.25) is 0 Å². The summed E-state index contributed by atoms with van der Waals surface area (Å²) in [6, 6.07) is 14.1. The Hall–Kier alpha value is -3.98. The standard InChI is InChI=1S/C38H53N7O8/c1-37(2,10-15-52-38(3,4)21-30-23-45(43-42-30)24-31-32(46)33(47)34(48)36(50-5)53-31)41-35(49)28(22-39)19-25-6-7-27-20-29(9-8-26(27)18-25)40-11-12-44-13-16-51-17-14-44/h6-9,18-20,23,31-34,36,40,46-48H,10-17,21,24H2,1-5H3,(H,41,49). The van der Waals surface area contributed by atoms with Gasteiger partial charge in [-0.15, -0.1) is 5.10 Å². The molecule has 15 heteroatoms. The number of fused-ring (bicyclic) bond motifs is 1. The Labute approximate surface area is 310 Å². The minimum atomic E-state index is -1.43. The number of nitrogens with one attached hydrogen (secondary N) is 2. The van der Waals surface area contributed by atoms with E-state index in [4.69, 9.17) is 18.9 Å². The van der Waals surface area contributed by atoms with Gasteiger partial charge in [0.25, 0.3) is 5.91 Å². The highest BCUT2D eigenvalue weighted by Gasteiger charge is 2.44. The molecule has 0 spiro atoms. The molecular weight excluding hydrogens is 682 g/mol. The molecule has 2 aliphatic rings. The Bertz CT molecular complexity index is 1750. The Balaban J connectivity index is 1.09. The van der Waals surface area contributed by atoms with E-state index < -0.39 is 47.8 Å². The quantitative estimate of drug-likeness (QED) is 0.106. The Morgan fingerprint density at radius 3 is 2.55 bits per heavy atom. The molecule has 0 radical (unpaired) electrons. The molecule has 53 heavy (non-hydrogen) atoms. The molecule has 0 bridgehead atoms. The topological polar surface area (TPSA) is 196 Å². The highest BCUT2D eigenvalue weighted by molar-refractivity contribution is 6.02. The number of nitrogens with zero attached hydrogens (tertiary/aromatic N) is 5. The van der Waals surface area contributed by atoms with Crippen molar-refractivity contribution in [3.8, 4) is 6.07 Å². The van der Waals surface area contributed by atoms with E-state index in [1.54, 1.807) is 12.3 Å². The van der Waals surface area contributed by atoms with Crippen LogP contribution in [0.5, 0.6) is 0 Å². The number of rotatable bonds is 16. The second-order valence-corrected chi connectivity index (χ2v) is 14.9. The molecule has 2 aromatic carbocycles. The smallest absolute Gasteiger partial charge is 0.262 e. The fourth-order valence-electron chi connectivity index (χ4n) is 6.42. The largest absolute Gasteiger partial charge is 0.388 e. The molecule has 2 saturated heterocycles. The Kier molecular flexibility index (Phi) is 13.6. The average molecular weight is 736 g/mol. The van der Waals surface area contributed by atoms with Gasteiger partial charge in [0.15, 0.2) is 6.29 Å². The van der Waals surface area contributed by atoms with Gasteiger partial charge in [0.2, 0.25) is 0 Å². The first kappa shape index (κ1) is 40.2. The lowest BCUT2D eigenvalue weighted by Gasteiger charge is -2.39. The molecule has 5 rings (SSSR count). The van der Waals surface area contributed by atoms with Crippen LogP contribution in [-0.4, -0.2) is 136 Å². The third-order valence-electron chi connectivity index (χ3n) is 9.53. The zero-order chi connectivity index (χ0) is 38.2. The van der Waals surface area contributed by atoms with Gasteiger partial charge in [0.05, 0.1) is 31.1 Å². The third kappa shape index (κ3) is 11.3. The molecule has 288 valence electrons. The van der Waals surface area contributed by atoms with Gasteiger partial charge in [-0.05, 0) is 74.7 Å². The second-order valence-electron chi connectivity index (χ2n) is 14.9. The summed E-state index contributed by atoms with van der Waals surface area (Å²) in [6.07, 6.45) is -1.86. The number of aliphatic hydroxyl groups is 3. The number of nitriles is 1. The fourth-order valence-corrected chi connectivity index (χ4v) is 6.42. The number of carbonyl (C=O) groups excluding carboxylic acids is 1. The SMILES string of the molecule is COC1OC(Cn2cc(CC(C)(C)OCCC(C)(C)NC(=O)C(C#N)=Cc3ccc4cc(NCCN5CCOCC5)ccc4c3)nn2)C(O)C(O)C1O. The van der Waals surface area contributed by atoms with Crippen LogP contribution in [0.15, 0.2) is 48.2 Å². The molecule has 3 heterocycles. The molecule has 0 aliphatic carbocycles. The lowest BCUT2D eigenvalue weighted by Crippen LogP contribution is -2.58. The van der Waals surface area contributed by atoms with Crippen molar-refractivity contribution in [3.63, 3.8) is 0 Å².